The highest BCUT2D eigenvalue weighted by atomic mass is 16.5. The van der Waals surface area contributed by atoms with Crippen LogP contribution in [0.2, 0.25) is 0 Å². The van der Waals surface area contributed by atoms with Crippen molar-refractivity contribution < 1.29 is 14.3 Å². The quantitative estimate of drug-likeness (QED) is 0.758. The molecule has 1 aromatic carbocycles. The predicted molar refractivity (Wildman–Crippen MR) is 71.6 cm³/mol. The van der Waals surface area contributed by atoms with Gasteiger partial charge in [0, 0.05) is 13.6 Å². The summed E-state index contributed by atoms with van der Waals surface area (Å²) in [6, 6.07) is 9.86. The largest absolute Gasteiger partial charge is 0.469 e. The van der Waals surface area contributed by atoms with Crippen molar-refractivity contribution in [2.24, 2.45) is 0 Å². The number of methoxy groups -OCH3 is 1. The molecule has 1 saturated carbocycles. The topological polar surface area (TPSA) is 46.6 Å². The average Bonchev–Trinajstić information content (AvgIpc) is 3.26. The van der Waals surface area contributed by atoms with Crippen LogP contribution in [0.1, 0.15) is 24.8 Å². The van der Waals surface area contributed by atoms with Gasteiger partial charge in [0.15, 0.2) is 0 Å². The third kappa shape index (κ3) is 2.78. The number of rotatable bonds is 5. The summed E-state index contributed by atoms with van der Waals surface area (Å²) in [5.41, 5.74) is 0.719. The number of hydrogen-bond donors (Lipinski definition) is 0. The number of ether oxygens (including phenoxy) is 1. The van der Waals surface area contributed by atoms with E-state index in [0.717, 1.165) is 18.4 Å². The van der Waals surface area contributed by atoms with Crippen molar-refractivity contribution in [3.63, 3.8) is 0 Å². The van der Waals surface area contributed by atoms with Gasteiger partial charge in [-0.15, -0.1) is 0 Å². The van der Waals surface area contributed by atoms with Crippen LogP contribution in [0.25, 0.3) is 0 Å². The minimum Gasteiger partial charge on any atom is -0.469 e. The summed E-state index contributed by atoms with van der Waals surface area (Å²) in [6.45, 7) is 0.403. The smallest absolute Gasteiger partial charge is 0.307 e. The number of hydrogen-bond acceptors (Lipinski definition) is 3. The maximum Gasteiger partial charge on any atom is 0.307 e. The molecule has 0 spiro atoms. The molecule has 19 heavy (non-hydrogen) atoms. The molecule has 0 bridgehead atoms. The lowest BCUT2D eigenvalue weighted by atomic mass is 9.94. The van der Waals surface area contributed by atoms with Gasteiger partial charge in [0.05, 0.1) is 18.9 Å². The first-order valence-corrected chi connectivity index (χ1v) is 6.48. The molecule has 102 valence electrons. The van der Waals surface area contributed by atoms with E-state index in [0.29, 0.717) is 6.54 Å². The Hall–Kier alpha value is -1.84. The van der Waals surface area contributed by atoms with Gasteiger partial charge in [-0.1, -0.05) is 30.3 Å². The van der Waals surface area contributed by atoms with Gasteiger partial charge in [0.1, 0.15) is 0 Å². The molecule has 1 amide bonds. The monoisotopic (exact) mass is 261 g/mol. The zero-order valence-electron chi connectivity index (χ0n) is 11.4. The first kappa shape index (κ1) is 13.6. The fraction of sp³-hybridized carbons (Fsp3) is 0.467. The van der Waals surface area contributed by atoms with Crippen LogP contribution < -0.4 is 0 Å². The Kier molecular flexibility index (Phi) is 3.88. The molecular formula is C15H19NO3. The number of benzene rings is 1. The predicted octanol–water partition coefficient (Wildman–Crippen LogP) is 1.74. The van der Waals surface area contributed by atoms with Gasteiger partial charge in [-0.2, -0.15) is 0 Å². The van der Waals surface area contributed by atoms with Crippen molar-refractivity contribution in [3.05, 3.63) is 35.9 Å². The van der Waals surface area contributed by atoms with E-state index in [1.165, 1.54) is 7.11 Å². The van der Waals surface area contributed by atoms with Crippen molar-refractivity contribution in [2.45, 2.75) is 24.7 Å². The number of likely N-dealkylation sites (N-methyl/N-ethyl adjacent to an activating group) is 1. The van der Waals surface area contributed by atoms with Crippen LogP contribution in [0.4, 0.5) is 0 Å². The van der Waals surface area contributed by atoms with Gasteiger partial charge in [-0.3, -0.25) is 9.59 Å². The Bertz CT molecular complexity index is 466. The Morgan fingerprint density at radius 3 is 2.42 bits per heavy atom. The standard InChI is InChI=1S/C15H19NO3/c1-16(11-8-13(17)19-2)14(18)15(9-10-15)12-6-4-3-5-7-12/h3-7H,8-11H2,1-2H3. The van der Waals surface area contributed by atoms with Crippen molar-refractivity contribution in [1.82, 2.24) is 4.90 Å². The number of carbonyl (C=O) groups is 2. The molecular weight excluding hydrogens is 242 g/mol. The van der Waals surface area contributed by atoms with Crippen LogP contribution in [-0.4, -0.2) is 37.5 Å². The fourth-order valence-corrected chi connectivity index (χ4v) is 2.34. The summed E-state index contributed by atoms with van der Waals surface area (Å²) >= 11 is 0. The number of nitrogens with zero attached hydrogens (tertiary/aromatic N) is 1. The number of amides is 1. The molecule has 0 saturated heterocycles. The van der Waals surface area contributed by atoms with Crippen molar-refractivity contribution in [1.29, 1.82) is 0 Å². The third-order valence-electron chi connectivity index (χ3n) is 3.71. The van der Waals surface area contributed by atoms with Gasteiger partial charge in [-0.25, -0.2) is 0 Å². The summed E-state index contributed by atoms with van der Waals surface area (Å²) in [7, 11) is 3.10. The Balaban J connectivity index is 2.01. The van der Waals surface area contributed by atoms with Gasteiger partial charge in [0.2, 0.25) is 5.91 Å². The molecule has 0 aliphatic heterocycles. The molecule has 0 heterocycles. The van der Waals surface area contributed by atoms with Crippen molar-refractivity contribution in [2.75, 3.05) is 20.7 Å². The first-order valence-electron chi connectivity index (χ1n) is 6.48. The maximum absolute atomic E-state index is 12.5. The van der Waals surface area contributed by atoms with Gasteiger partial charge >= 0.3 is 5.97 Å². The third-order valence-corrected chi connectivity index (χ3v) is 3.71. The molecule has 1 aromatic rings. The molecule has 1 fully saturated rings. The van der Waals surface area contributed by atoms with Crippen LogP contribution >= 0.6 is 0 Å². The van der Waals surface area contributed by atoms with Gasteiger partial charge in [-0.05, 0) is 18.4 Å². The summed E-state index contributed by atoms with van der Waals surface area (Å²) in [5.74, 6) is -0.188. The SMILES string of the molecule is COC(=O)CCN(C)C(=O)C1(c2ccccc2)CC1. The molecule has 0 aromatic heterocycles. The van der Waals surface area contributed by atoms with Crippen LogP contribution in [0.3, 0.4) is 0 Å². The highest BCUT2D eigenvalue weighted by Crippen LogP contribution is 2.49. The second-order valence-corrected chi connectivity index (χ2v) is 5.00. The van der Waals surface area contributed by atoms with Gasteiger partial charge in [0.25, 0.3) is 0 Å². The van der Waals surface area contributed by atoms with E-state index in [4.69, 9.17) is 0 Å². The Labute approximate surface area is 113 Å². The second kappa shape index (κ2) is 5.43. The normalized spacial score (nSPS) is 15.7. The van der Waals surface area contributed by atoms with E-state index >= 15 is 0 Å². The molecule has 0 atom stereocenters. The summed E-state index contributed by atoms with van der Waals surface area (Å²) < 4.78 is 4.59. The lowest BCUT2D eigenvalue weighted by Crippen LogP contribution is -2.37. The lowest BCUT2D eigenvalue weighted by Gasteiger charge is -2.23. The zero-order chi connectivity index (χ0) is 13.9. The van der Waals surface area contributed by atoms with E-state index in [1.807, 2.05) is 30.3 Å². The average molecular weight is 261 g/mol. The van der Waals surface area contributed by atoms with E-state index in [2.05, 4.69) is 4.74 Å². The van der Waals surface area contributed by atoms with E-state index in [1.54, 1.807) is 11.9 Å². The highest BCUT2D eigenvalue weighted by molar-refractivity contribution is 5.91. The van der Waals surface area contributed by atoms with E-state index in [9.17, 15) is 9.59 Å². The van der Waals surface area contributed by atoms with E-state index < -0.39 is 0 Å². The number of carbonyl (C=O) groups excluding carboxylic acids is 2. The molecule has 2 rings (SSSR count). The fourth-order valence-electron chi connectivity index (χ4n) is 2.34. The van der Waals surface area contributed by atoms with Crippen molar-refractivity contribution in [3.8, 4) is 0 Å². The summed E-state index contributed by atoms with van der Waals surface area (Å²) in [6.07, 6.45) is 2.01. The van der Waals surface area contributed by atoms with Gasteiger partial charge < -0.3 is 9.64 Å². The van der Waals surface area contributed by atoms with Crippen LogP contribution in [0.15, 0.2) is 30.3 Å². The molecule has 4 heteroatoms. The minimum atomic E-state index is -0.355. The first-order chi connectivity index (χ1) is 9.10. The summed E-state index contributed by atoms with van der Waals surface area (Å²) in [4.78, 5) is 25.3. The van der Waals surface area contributed by atoms with Crippen LogP contribution in [-0.2, 0) is 19.7 Å². The second-order valence-electron chi connectivity index (χ2n) is 5.00. The lowest BCUT2D eigenvalue weighted by molar-refractivity contribution is -0.141. The maximum atomic E-state index is 12.5. The molecule has 0 N–H and O–H groups in total. The highest BCUT2D eigenvalue weighted by Gasteiger charge is 2.52. The Morgan fingerprint density at radius 1 is 1.26 bits per heavy atom. The van der Waals surface area contributed by atoms with E-state index in [-0.39, 0.29) is 23.7 Å². The molecule has 4 nitrogen and oxygen atoms in total. The molecule has 1 aliphatic rings. The van der Waals surface area contributed by atoms with Crippen molar-refractivity contribution >= 4 is 11.9 Å². The molecule has 1 aliphatic carbocycles. The molecule has 0 radical (unpaired) electrons. The zero-order valence-corrected chi connectivity index (χ0v) is 11.4. The minimum absolute atomic E-state index is 0.0996. The summed E-state index contributed by atoms with van der Waals surface area (Å²) in [5, 5.41) is 0. The van der Waals surface area contributed by atoms with Crippen LogP contribution in [0, 0.1) is 0 Å². The number of esters is 1. The van der Waals surface area contributed by atoms with Crippen LogP contribution in [0.5, 0.6) is 0 Å². The Morgan fingerprint density at radius 2 is 1.89 bits per heavy atom. The molecule has 0 unspecified atom stereocenters.